The number of ether oxygens (including phenoxy) is 1. The van der Waals surface area contributed by atoms with Crippen molar-refractivity contribution in [3.05, 3.63) is 106 Å². The molecule has 1 unspecified atom stereocenters. The molecule has 8 heteroatoms. The number of allylic oxidation sites excluding steroid dienone is 1. The van der Waals surface area contributed by atoms with Crippen LogP contribution in [0, 0.1) is 5.92 Å². The first kappa shape index (κ1) is 25.0. The van der Waals surface area contributed by atoms with Crippen molar-refractivity contribution in [1.82, 2.24) is 5.32 Å². The molecule has 0 aliphatic carbocycles. The predicted octanol–water partition coefficient (Wildman–Crippen LogP) is 5.06. The third-order valence-corrected chi connectivity index (χ3v) is 6.24. The van der Waals surface area contributed by atoms with Crippen molar-refractivity contribution in [3.8, 4) is 5.75 Å². The van der Waals surface area contributed by atoms with Crippen LogP contribution in [0.25, 0.3) is 0 Å². The lowest BCUT2D eigenvalue weighted by Crippen LogP contribution is -2.29. The summed E-state index contributed by atoms with van der Waals surface area (Å²) in [6.45, 7) is 1.97. The maximum atomic E-state index is 13.8. The molecule has 184 valence electrons. The van der Waals surface area contributed by atoms with Gasteiger partial charge in [0.1, 0.15) is 5.75 Å². The van der Waals surface area contributed by atoms with Crippen LogP contribution in [0.1, 0.15) is 18.1 Å². The van der Waals surface area contributed by atoms with Crippen LogP contribution < -0.4 is 15.1 Å². The second-order valence-electron chi connectivity index (χ2n) is 8.33. The van der Waals surface area contributed by atoms with Gasteiger partial charge in [0.25, 0.3) is 5.91 Å². The Hall–Kier alpha value is -4.10. The molecule has 3 aromatic carbocycles. The summed E-state index contributed by atoms with van der Waals surface area (Å²) < 4.78 is 5.26. The van der Waals surface area contributed by atoms with E-state index in [-0.39, 0.29) is 11.3 Å². The normalized spacial score (nSPS) is 15.4. The number of hydrogen-bond acceptors (Lipinski definition) is 5. The fourth-order valence-corrected chi connectivity index (χ4v) is 4.12. The summed E-state index contributed by atoms with van der Waals surface area (Å²) in [4.78, 5) is 25.8. The zero-order valence-electron chi connectivity index (χ0n) is 19.9. The van der Waals surface area contributed by atoms with Crippen LogP contribution in [0.15, 0.2) is 95.2 Å². The summed E-state index contributed by atoms with van der Waals surface area (Å²) >= 11 is 6.36. The number of carboxylic acids is 1. The van der Waals surface area contributed by atoms with Crippen molar-refractivity contribution in [2.24, 2.45) is 11.0 Å². The number of methoxy groups -OCH3 is 1. The van der Waals surface area contributed by atoms with Crippen molar-refractivity contribution in [1.29, 1.82) is 0 Å². The van der Waals surface area contributed by atoms with E-state index in [9.17, 15) is 14.7 Å². The lowest BCUT2D eigenvalue weighted by molar-refractivity contribution is -0.138. The molecule has 0 fully saturated rings. The third kappa shape index (κ3) is 5.42. The van der Waals surface area contributed by atoms with Gasteiger partial charge in [-0.15, -0.1) is 0 Å². The Balaban J connectivity index is 1.81. The zero-order valence-corrected chi connectivity index (χ0v) is 20.7. The van der Waals surface area contributed by atoms with E-state index in [1.54, 1.807) is 31.4 Å². The molecule has 2 N–H and O–H groups in total. The largest absolute Gasteiger partial charge is 0.497 e. The van der Waals surface area contributed by atoms with Gasteiger partial charge < -0.3 is 15.2 Å². The number of hydrogen-bond donors (Lipinski definition) is 2. The van der Waals surface area contributed by atoms with Gasteiger partial charge in [0.2, 0.25) is 0 Å². The predicted molar refractivity (Wildman–Crippen MR) is 140 cm³/mol. The van der Waals surface area contributed by atoms with Crippen LogP contribution >= 0.6 is 11.6 Å². The minimum absolute atomic E-state index is 0.177. The molecule has 36 heavy (non-hydrogen) atoms. The highest BCUT2D eigenvalue weighted by Crippen LogP contribution is 2.33. The number of amides is 1. The summed E-state index contributed by atoms with van der Waals surface area (Å²) in [7, 11) is 1.60. The summed E-state index contributed by atoms with van der Waals surface area (Å²) in [5.41, 5.74) is 3.32. The molecule has 0 spiro atoms. The highest BCUT2D eigenvalue weighted by molar-refractivity contribution is 6.37. The van der Waals surface area contributed by atoms with Crippen molar-refractivity contribution < 1.29 is 19.4 Å². The molecule has 1 amide bonds. The van der Waals surface area contributed by atoms with Gasteiger partial charge in [-0.05, 0) is 42.3 Å². The second kappa shape index (κ2) is 11.1. The SMILES string of the molecule is COc1ccc(CC(NCc2ccccc2)=C2C(=O)N(c3ccccc3Cl)N=C2C(C)C(=O)O)cc1. The number of halogens is 1. The van der Waals surface area contributed by atoms with Crippen LogP contribution in [0.4, 0.5) is 5.69 Å². The average molecular weight is 504 g/mol. The topological polar surface area (TPSA) is 91.2 Å². The van der Waals surface area contributed by atoms with Crippen molar-refractivity contribution in [2.45, 2.75) is 19.9 Å². The smallest absolute Gasteiger partial charge is 0.312 e. The number of carbonyl (C=O) groups excluding carboxylic acids is 1. The summed E-state index contributed by atoms with van der Waals surface area (Å²) in [5.74, 6) is -1.81. The quantitative estimate of drug-likeness (QED) is 0.398. The van der Waals surface area contributed by atoms with E-state index < -0.39 is 17.8 Å². The highest BCUT2D eigenvalue weighted by Gasteiger charge is 2.39. The van der Waals surface area contributed by atoms with Crippen LogP contribution in [0.3, 0.4) is 0 Å². The molecule has 1 aliphatic heterocycles. The van der Waals surface area contributed by atoms with Gasteiger partial charge in [-0.3, -0.25) is 9.59 Å². The van der Waals surface area contributed by atoms with Crippen molar-refractivity contribution >= 4 is 34.9 Å². The van der Waals surface area contributed by atoms with E-state index in [4.69, 9.17) is 16.3 Å². The molecule has 7 nitrogen and oxygen atoms in total. The Morgan fingerprint density at radius 3 is 2.33 bits per heavy atom. The molecule has 0 aromatic heterocycles. The lowest BCUT2D eigenvalue weighted by atomic mass is 9.94. The maximum Gasteiger partial charge on any atom is 0.312 e. The molecule has 1 heterocycles. The first-order valence-corrected chi connectivity index (χ1v) is 11.8. The van der Waals surface area contributed by atoms with Gasteiger partial charge in [-0.2, -0.15) is 10.1 Å². The Labute approximate surface area is 214 Å². The molecule has 0 bridgehead atoms. The minimum Gasteiger partial charge on any atom is -0.497 e. The van der Waals surface area contributed by atoms with Crippen molar-refractivity contribution in [2.75, 3.05) is 12.1 Å². The van der Waals surface area contributed by atoms with Gasteiger partial charge in [0.15, 0.2) is 0 Å². The van der Waals surface area contributed by atoms with Gasteiger partial charge >= 0.3 is 5.97 Å². The number of rotatable bonds is 9. The molecule has 0 radical (unpaired) electrons. The van der Waals surface area contributed by atoms with Crippen molar-refractivity contribution in [3.63, 3.8) is 0 Å². The standard InChI is InChI=1S/C28H26ClN3O4/c1-18(28(34)35)26-25(27(33)32(31-26)24-11-7-6-10-22(24)29)23(30-17-20-8-4-3-5-9-20)16-19-12-14-21(36-2)15-13-19/h3-15,18,30H,16-17H2,1-2H3,(H,34,35). The van der Waals surface area contributed by atoms with E-state index in [1.807, 2.05) is 54.6 Å². The number of nitrogens with one attached hydrogen (secondary N) is 1. The Morgan fingerprint density at radius 2 is 1.69 bits per heavy atom. The molecule has 3 aromatic rings. The monoisotopic (exact) mass is 503 g/mol. The zero-order chi connectivity index (χ0) is 25.7. The first-order chi connectivity index (χ1) is 17.4. The van der Waals surface area contributed by atoms with Gasteiger partial charge in [-0.25, -0.2) is 0 Å². The molecule has 4 rings (SSSR count). The number of carboxylic acid groups (broad SMARTS) is 1. The number of hydrazone groups is 1. The number of nitrogens with zero attached hydrogens (tertiary/aromatic N) is 2. The van der Waals surface area contributed by atoms with Crippen LogP contribution in [0.2, 0.25) is 5.02 Å². The summed E-state index contributed by atoms with van der Waals surface area (Å²) in [5, 5.41) is 19.2. The van der Waals surface area contributed by atoms with Crippen LogP contribution in [-0.2, 0) is 22.6 Å². The fraction of sp³-hybridized carbons (Fsp3) is 0.179. The maximum absolute atomic E-state index is 13.8. The number of anilines is 1. The minimum atomic E-state index is -1.08. The summed E-state index contributed by atoms with van der Waals surface area (Å²) in [6.07, 6.45) is 0.361. The van der Waals surface area contributed by atoms with Gasteiger partial charge in [-0.1, -0.05) is 66.2 Å². The Kier molecular flexibility index (Phi) is 7.71. The number of benzene rings is 3. The van der Waals surface area contributed by atoms with Crippen LogP contribution in [0.5, 0.6) is 5.75 Å². The first-order valence-electron chi connectivity index (χ1n) is 11.4. The van der Waals surface area contributed by atoms with Gasteiger partial charge in [0.05, 0.1) is 35.0 Å². The number of aliphatic carboxylic acids is 1. The van der Waals surface area contributed by atoms with Crippen LogP contribution in [-0.4, -0.2) is 29.8 Å². The van der Waals surface area contributed by atoms with E-state index in [1.165, 1.54) is 11.9 Å². The molecule has 1 aliphatic rings. The lowest BCUT2D eigenvalue weighted by Gasteiger charge is -2.17. The van der Waals surface area contributed by atoms with E-state index in [2.05, 4.69) is 10.4 Å². The molecule has 1 atom stereocenters. The molecule has 0 saturated carbocycles. The second-order valence-corrected chi connectivity index (χ2v) is 8.74. The van der Waals surface area contributed by atoms with Gasteiger partial charge in [0, 0.05) is 18.7 Å². The average Bonchev–Trinajstić information content (AvgIpc) is 3.23. The molecule has 0 saturated heterocycles. The van der Waals surface area contributed by atoms with E-state index in [0.717, 1.165) is 11.1 Å². The Morgan fingerprint density at radius 1 is 1.03 bits per heavy atom. The van der Waals surface area contributed by atoms with E-state index in [0.29, 0.717) is 35.1 Å². The third-order valence-electron chi connectivity index (χ3n) is 5.92. The summed E-state index contributed by atoms with van der Waals surface area (Å²) in [6, 6.07) is 24.1. The van der Waals surface area contributed by atoms with E-state index >= 15 is 0 Å². The highest BCUT2D eigenvalue weighted by atomic mass is 35.5. The number of carbonyl (C=O) groups is 2. The number of para-hydroxylation sites is 1. The molecular formula is C28H26ClN3O4. The Bertz CT molecular complexity index is 1320. The molecular weight excluding hydrogens is 478 g/mol. The fourth-order valence-electron chi connectivity index (χ4n) is 3.90.